The Morgan fingerprint density at radius 3 is 2.38 bits per heavy atom. The first-order chi connectivity index (χ1) is 9.76. The molecule has 1 fully saturated rings. The number of benzene rings is 1. The smallest absolute Gasteiger partial charge is 0.124 e. The van der Waals surface area contributed by atoms with E-state index in [0.717, 1.165) is 31.2 Å². The summed E-state index contributed by atoms with van der Waals surface area (Å²) in [5.41, 5.74) is 0.591. The van der Waals surface area contributed by atoms with E-state index in [2.05, 4.69) is 29.8 Å². The van der Waals surface area contributed by atoms with Gasteiger partial charge in [0.2, 0.25) is 0 Å². The molecule has 1 saturated carbocycles. The molecule has 118 valence electrons. The average molecular weight is 359 g/mol. The lowest BCUT2D eigenvalue weighted by atomic mass is 9.68. The Hall–Kier alpha value is -0.450. The first kappa shape index (κ1) is 16.9. The summed E-state index contributed by atoms with van der Waals surface area (Å²) in [6.45, 7) is 4.51. The number of ether oxygens (including phenoxy) is 1. The normalized spacial score (nSPS) is 22.0. The van der Waals surface area contributed by atoms with Crippen LogP contribution in [0.2, 0.25) is 0 Å². The number of hydrogen-bond acceptors (Lipinski definition) is 2. The van der Waals surface area contributed by atoms with Crippen LogP contribution in [-0.4, -0.2) is 23.9 Å². The Labute approximate surface area is 134 Å². The lowest BCUT2D eigenvalue weighted by molar-refractivity contribution is -0.135. The van der Waals surface area contributed by atoms with Crippen molar-refractivity contribution in [2.45, 2.75) is 57.7 Å². The molecule has 2 nitrogen and oxygen atoms in total. The van der Waals surface area contributed by atoms with Crippen molar-refractivity contribution in [1.82, 2.24) is 0 Å². The highest BCUT2D eigenvalue weighted by molar-refractivity contribution is 9.10. The van der Waals surface area contributed by atoms with Crippen molar-refractivity contribution >= 4 is 15.9 Å². The van der Waals surface area contributed by atoms with Gasteiger partial charge in [0.15, 0.2) is 0 Å². The monoisotopic (exact) mass is 358 g/mol. The summed E-state index contributed by atoms with van der Waals surface area (Å²) in [7, 11) is 1.67. The number of aliphatic hydroxyl groups excluding tert-OH is 1. The minimum atomic E-state index is -0.618. The average Bonchev–Trinajstić information content (AvgIpc) is 2.38. The lowest BCUT2D eigenvalue weighted by Gasteiger charge is -2.45. The quantitative estimate of drug-likeness (QED) is 0.859. The van der Waals surface area contributed by atoms with Crippen molar-refractivity contribution in [2.24, 2.45) is 5.41 Å². The molecular formula is C17H24BrFO2. The zero-order valence-electron chi connectivity index (χ0n) is 13.0. The number of methoxy groups -OCH3 is 1. The molecule has 0 saturated heterocycles. The molecular weight excluding hydrogens is 335 g/mol. The van der Waals surface area contributed by atoms with Crippen LogP contribution in [0.15, 0.2) is 22.7 Å². The number of hydrogen-bond donors (Lipinski definition) is 1. The summed E-state index contributed by atoms with van der Waals surface area (Å²) < 4.78 is 19.9. The van der Waals surface area contributed by atoms with Gasteiger partial charge in [-0.15, -0.1) is 0 Å². The van der Waals surface area contributed by atoms with Crippen molar-refractivity contribution in [3.8, 4) is 0 Å². The highest BCUT2D eigenvalue weighted by atomic mass is 79.9. The molecule has 0 heterocycles. The molecule has 1 aliphatic rings. The predicted molar refractivity (Wildman–Crippen MR) is 85.8 cm³/mol. The second-order valence-corrected chi connectivity index (χ2v) is 7.85. The Balaban J connectivity index is 2.12. The summed E-state index contributed by atoms with van der Waals surface area (Å²) in [5.74, 6) is -0.289. The molecule has 4 heteroatoms. The molecule has 0 amide bonds. The minimum absolute atomic E-state index is 0.289. The molecule has 2 rings (SSSR count). The van der Waals surface area contributed by atoms with Gasteiger partial charge < -0.3 is 9.84 Å². The van der Waals surface area contributed by atoms with E-state index in [-0.39, 0.29) is 5.82 Å². The van der Waals surface area contributed by atoms with Crippen LogP contribution < -0.4 is 0 Å². The summed E-state index contributed by atoms with van der Waals surface area (Å²) in [4.78, 5) is 0. The molecule has 21 heavy (non-hydrogen) atoms. The van der Waals surface area contributed by atoms with Crippen LogP contribution in [0.4, 0.5) is 4.39 Å². The second kappa shape index (κ2) is 6.35. The maximum atomic E-state index is 13.5. The highest BCUT2D eigenvalue weighted by Crippen LogP contribution is 2.44. The zero-order chi connectivity index (χ0) is 15.7. The van der Waals surface area contributed by atoms with Gasteiger partial charge in [-0.2, -0.15) is 0 Å². The zero-order valence-corrected chi connectivity index (χ0v) is 14.5. The summed E-state index contributed by atoms with van der Waals surface area (Å²) >= 11 is 3.29. The van der Waals surface area contributed by atoms with Crippen molar-refractivity contribution in [3.63, 3.8) is 0 Å². The van der Waals surface area contributed by atoms with E-state index in [1.165, 1.54) is 12.1 Å². The first-order valence-corrected chi connectivity index (χ1v) is 8.24. The Bertz CT molecular complexity index is 471. The van der Waals surface area contributed by atoms with E-state index in [9.17, 15) is 9.50 Å². The van der Waals surface area contributed by atoms with Gasteiger partial charge in [-0.25, -0.2) is 4.39 Å². The first-order valence-electron chi connectivity index (χ1n) is 7.45. The third-order valence-electron chi connectivity index (χ3n) is 4.82. The van der Waals surface area contributed by atoms with Gasteiger partial charge >= 0.3 is 0 Å². The van der Waals surface area contributed by atoms with Gasteiger partial charge in [-0.1, -0.05) is 29.8 Å². The largest absolute Gasteiger partial charge is 0.390 e. The van der Waals surface area contributed by atoms with Crippen LogP contribution >= 0.6 is 15.9 Å². The molecule has 1 atom stereocenters. The van der Waals surface area contributed by atoms with Crippen LogP contribution in [0.5, 0.6) is 0 Å². The molecule has 0 aliphatic heterocycles. The van der Waals surface area contributed by atoms with Crippen molar-refractivity contribution in [3.05, 3.63) is 34.1 Å². The summed E-state index contributed by atoms with van der Waals surface area (Å²) in [5, 5.41) is 10.7. The maximum absolute atomic E-state index is 13.5. The molecule has 1 aromatic rings. The molecule has 0 aromatic heterocycles. The van der Waals surface area contributed by atoms with E-state index in [1.54, 1.807) is 7.11 Å². The summed E-state index contributed by atoms with van der Waals surface area (Å²) in [6, 6.07) is 4.75. The van der Waals surface area contributed by atoms with Crippen molar-refractivity contribution in [2.75, 3.05) is 7.11 Å². The van der Waals surface area contributed by atoms with Crippen molar-refractivity contribution in [1.29, 1.82) is 0 Å². The third-order valence-corrected chi connectivity index (χ3v) is 5.27. The molecule has 1 N–H and O–H groups in total. The molecule has 1 aliphatic carbocycles. The number of rotatable bonds is 4. The fourth-order valence-corrected chi connectivity index (χ4v) is 3.67. The van der Waals surface area contributed by atoms with Crippen LogP contribution in [-0.2, 0) is 11.2 Å². The topological polar surface area (TPSA) is 29.5 Å². The van der Waals surface area contributed by atoms with E-state index in [1.807, 2.05) is 6.07 Å². The Morgan fingerprint density at radius 2 is 1.86 bits per heavy atom. The van der Waals surface area contributed by atoms with E-state index in [0.29, 0.717) is 16.3 Å². The molecule has 1 unspecified atom stereocenters. The van der Waals surface area contributed by atoms with Gasteiger partial charge in [0.25, 0.3) is 0 Å². The molecule has 1 aromatic carbocycles. The molecule has 0 radical (unpaired) electrons. The predicted octanol–water partition coefficient (Wildman–Crippen LogP) is 4.48. The van der Waals surface area contributed by atoms with Gasteiger partial charge in [0, 0.05) is 18.0 Å². The van der Waals surface area contributed by atoms with Crippen LogP contribution in [0.25, 0.3) is 0 Å². The SMILES string of the molecule is COC1(C(O)Cc2cc(F)cc(Br)c2)CCC(C)(C)CC1. The van der Waals surface area contributed by atoms with Gasteiger partial charge in [-0.05, 0) is 54.9 Å². The van der Waals surface area contributed by atoms with Crippen LogP contribution in [0.3, 0.4) is 0 Å². The third kappa shape index (κ3) is 4.05. The van der Waals surface area contributed by atoms with Crippen LogP contribution in [0.1, 0.15) is 45.1 Å². The standard InChI is InChI=1S/C17H24BrFO2/c1-16(2)4-6-17(21-3,7-5-16)15(20)10-12-8-13(18)11-14(19)9-12/h8-9,11,15,20H,4-7,10H2,1-3H3. The number of aliphatic hydroxyl groups is 1. The second-order valence-electron chi connectivity index (χ2n) is 6.93. The Morgan fingerprint density at radius 1 is 1.24 bits per heavy atom. The fraction of sp³-hybridized carbons (Fsp3) is 0.647. The molecule has 0 spiro atoms. The van der Waals surface area contributed by atoms with Crippen molar-refractivity contribution < 1.29 is 14.2 Å². The maximum Gasteiger partial charge on any atom is 0.124 e. The van der Waals surface area contributed by atoms with Gasteiger partial charge in [0.1, 0.15) is 5.82 Å². The fourth-order valence-electron chi connectivity index (χ4n) is 3.16. The highest BCUT2D eigenvalue weighted by Gasteiger charge is 2.43. The summed E-state index contributed by atoms with van der Waals surface area (Å²) in [6.07, 6.45) is 3.54. The van der Waals surface area contributed by atoms with Gasteiger partial charge in [0.05, 0.1) is 11.7 Å². The van der Waals surface area contributed by atoms with E-state index in [4.69, 9.17) is 4.74 Å². The van der Waals surface area contributed by atoms with E-state index < -0.39 is 11.7 Å². The molecule has 0 bridgehead atoms. The number of halogens is 2. The lowest BCUT2D eigenvalue weighted by Crippen LogP contribution is -2.49. The minimum Gasteiger partial charge on any atom is -0.390 e. The van der Waals surface area contributed by atoms with Gasteiger partial charge in [-0.3, -0.25) is 0 Å². The van der Waals surface area contributed by atoms with Crippen LogP contribution in [0, 0.1) is 11.2 Å². The van der Waals surface area contributed by atoms with E-state index >= 15 is 0 Å². The Kier molecular flexibility index (Phi) is 5.11.